The molecule has 0 amide bonds. The maximum Gasteiger partial charge on any atom is 0.0728 e. The fourth-order valence-corrected chi connectivity index (χ4v) is 6.11. The lowest BCUT2D eigenvalue weighted by molar-refractivity contribution is 0.0402. The van der Waals surface area contributed by atoms with Gasteiger partial charge in [-0.15, -0.1) is 11.8 Å². The van der Waals surface area contributed by atoms with E-state index in [1.54, 1.807) is 0 Å². The molecule has 2 aliphatic heterocycles. The number of rotatable bonds is 6. The van der Waals surface area contributed by atoms with Crippen molar-refractivity contribution in [3.05, 3.63) is 28.2 Å². The Labute approximate surface area is 155 Å². The molecule has 1 nitrogen and oxygen atoms in total. The van der Waals surface area contributed by atoms with Crippen LogP contribution < -0.4 is 0 Å². The van der Waals surface area contributed by atoms with Crippen LogP contribution in [-0.2, 0) is 0 Å². The summed E-state index contributed by atoms with van der Waals surface area (Å²) in [4.78, 5) is 3.88. The van der Waals surface area contributed by atoms with Crippen molar-refractivity contribution in [2.75, 3.05) is 18.8 Å². The second-order valence-corrected chi connectivity index (χ2v) is 9.18. The van der Waals surface area contributed by atoms with E-state index in [2.05, 4.69) is 24.8 Å². The third-order valence-electron chi connectivity index (χ3n) is 5.85. The van der Waals surface area contributed by atoms with Crippen LogP contribution in [0.2, 0.25) is 10.0 Å². The Hall–Kier alpha value is 0.110. The minimum atomic E-state index is 0.290. The van der Waals surface area contributed by atoms with E-state index in [4.69, 9.17) is 23.2 Å². The van der Waals surface area contributed by atoms with Crippen molar-refractivity contribution in [3.8, 4) is 0 Å². The number of unbranched alkanes of at least 4 members (excludes halogenated alkanes) is 1. The quantitative estimate of drug-likeness (QED) is 0.533. The number of fused-ring (bicyclic) bond motifs is 2. The monoisotopic (exact) mass is 371 g/mol. The van der Waals surface area contributed by atoms with Gasteiger partial charge in [0.2, 0.25) is 0 Å². The molecule has 0 spiro atoms. The van der Waals surface area contributed by atoms with Crippen molar-refractivity contribution in [1.82, 2.24) is 4.90 Å². The Morgan fingerprint density at radius 2 is 2.17 bits per heavy atom. The highest BCUT2D eigenvalue weighted by atomic mass is 35.5. The summed E-state index contributed by atoms with van der Waals surface area (Å²) in [6.45, 7) is 7.35. The smallest absolute Gasteiger partial charge is 0.0728 e. The summed E-state index contributed by atoms with van der Waals surface area (Å²) in [7, 11) is 0. The van der Waals surface area contributed by atoms with Gasteiger partial charge >= 0.3 is 0 Å². The third kappa shape index (κ3) is 3.71. The molecular weight excluding hydrogens is 345 g/mol. The molecule has 3 rings (SSSR count). The van der Waals surface area contributed by atoms with Gasteiger partial charge in [-0.2, -0.15) is 0 Å². The molecule has 0 aliphatic carbocycles. The molecule has 1 aromatic carbocycles. The summed E-state index contributed by atoms with van der Waals surface area (Å²) in [6.07, 6.45) is 6.81. The lowest BCUT2D eigenvalue weighted by Gasteiger charge is -2.48. The molecule has 0 radical (unpaired) electrons. The van der Waals surface area contributed by atoms with E-state index in [1.165, 1.54) is 45.2 Å². The van der Waals surface area contributed by atoms with Crippen LogP contribution in [0.5, 0.6) is 0 Å². The highest BCUT2D eigenvalue weighted by molar-refractivity contribution is 7.99. The van der Waals surface area contributed by atoms with Crippen molar-refractivity contribution < 1.29 is 0 Å². The molecule has 128 valence electrons. The van der Waals surface area contributed by atoms with E-state index in [-0.39, 0.29) is 0 Å². The summed E-state index contributed by atoms with van der Waals surface area (Å²) in [5.74, 6) is 2.85. The van der Waals surface area contributed by atoms with E-state index in [0.29, 0.717) is 15.6 Å². The van der Waals surface area contributed by atoms with Crippen LogP contribution in [0.15, 0.2) is 23.1 Å². The number of nitrogens with zero attached hydrogens (tertiary/aromatic N) is 1. The SMILES string of the molecule is CCCC[C@H]1CC2CCN(C2)[C@@]1(C)CSc1cccc(Cl)c1Cl. The minimum Gasteiger partial charge on any atom is -0.297 e. The number of hydrogen-bond acceptors (Lipinski definition) is 2. The first-order valence-corrected chi connectivity index (χ1v) is 10.6. The van der Waals surface area contributed by atoms with Gasteiger partial charge < -0.3 is 0 Å². The van der Waals surface area contributed by atoms with Crippen LogP contribution in [0.4, 0.5) is 0 Å². The Morgan fingerprint density at radius 1 is 1.35 bits per heavy atom. The fourth-order valence-electron chi connectivity index (χ4n) is 4.31. The standard InChI is InChI=1S/C19H27Cl2NS/c1-3-4-6-15-11-14-9-10-22(12-14)19(15,2)13-23-17-8-5-7-16(20)18(17)21/h5,7-8,14-15H,3-4,6,9-13H2,1-2H3/t14?,15-,19-/m0/s1. The molecule has 0 N–H and O–H groups in total. The van der Waals surface area contributed by atoms with Crippen molar-refractivity contribution >= 4 is 35.0 Å². The molecule has 0 saturated carbocycles. The zero-order valence-electron chi connectivity index (χ0n) is 14.2. The zero-order chi connectivity index (χ0) is 16.4. The number of benzene rings is 1. The third-order valence-corrected chi connectivity index (χ3v) is 8.16. The number of piperidine rings is 1. The summed E-state index contributed by atoms with van der Waals surface area (Å²) in [5.41, 5.74) is 0.290. The Kier molecular flexibility index (Phi) is 5.89. The summed E-state index contributed by atoms with van der Waals surface area (Å²) in [6, 6.07) is 5.96. The molecule has 1 aromatic rings. The van der Waals surface area contributed by atoms with E-state index < -0.39 is 0 Å². The van der Waals surface area contributed by atoms with Crippen LogP contribution in [0.1, 0.15) is 46.0 Å². The van der Waals surface area contributed by atoms with Gasteiger partial charge in [0.25, 0.3) is 0 Å². The van der Waals surface area contributed by atoms with E-state index >= 15 is 0 Å². The fraction of sp³-hybridized carbons (Fsp3) is 0.684. The number of hydrogen-bond donors (Lipinski definition) is 0. The summed E-state index contributed by atoms with van der Waals surface area (Å²) < 4.78 is 0. The molecule has 0 aromatic heterocycles. The zero-order valence-corrected chi connectivity index (χ0v) is 16.5. The maximum atomic E-state index is 6.39. The maximum absolute atomic E-state index is 6.39. The van der Waals surface area contributed by atoms with Crippen LogP contribution >= 0.6 is 35.0 Å². The minimum absolute atomic E-state index is 0.290. The first-order valence-electron chi connectivity index (χ1n) is 8.86. The van der Waals surface area contributed by atoms with E-state index in [9.17, 15) is 0 Å². The predicted octanol–water partition coefficient (Wildman–Crippen LogP) is 6.38. The van der Waals surface area contributed by atoms with Crippen molar-refractivity contribution in [2.24, 2.45) is 11.8 Å². The second-order valence-electron chi connectivity index (χ2n) is 7.37. The summed E-state index contributed by atoms with van der Waals surface area (Å²) >= 11 is 14.4. The van der Waals surface area contributed by atoms with Gasteiger partial charge in [-0.25, -0.2) is 0 Å². The second kappa shape index (κ2) is 7.56. The van der Waals surface area contributed by atoms with Crippen LogP contribution in [0, 0.1) is 11.8 Å². The number of thioether (sulfide) groups is 1. The van der Waals surface area contributed by atoms with Crippen molar-refractivity contribution in [2.45, 2.75) is 56.4 Å². The van der Waals surface area contributed by atoms with Gasteiger partial charge in [0.05, 0.1) is 10.0 Å². The van der Waals surface area contributed by atoms with Gasteiger partial charge in [-0.1, -0.05) is 49.0 Å². The van der Waals surface area contributed by atoms with E-state index in [0.717, 1.165) is 22.5 Å². The normalized spacial score (nSPS) is 33.1. The average molecular weight is 372 g/mol. The molecule has 2 bridgehead atoms. The molecule has 2 aliphatic rings. The van der Waals surface area contributed by atoms with Gasteiger partial charge in [0, 0.05) is 22.7 Å². The first kappa shape index (κ1) is 17.9. The molecule has 23 heavy (non-hydrogen) atoms. The molecule has 4 heteroatoms. The Bertz CT molecular complexity index is 550. The highest BCUT2D eigenvalue weighted by Gasteiger charge is 2.47. The van der Waals surface area contributed by atoms with Crippen LogP contribution in [0.3, 0.4) is 0 Å². The molecule has 2 heterocycles. The van der Waals surface area contributed by atoms with Gasteiger partial charge in [0.1, 0.15) is 0 Å². The molecule has 4 atom stereocenters. The van der Waals surface area contributed by atoms with Gasteiger partial charge in [-0.3, -0.25) is 4.90 Å². The van der Waals surface area contributed by atoms with E-state index in [1.807, 2.05) is 23.9 Å². The molecular formula is C19H27Cl2NS. The lowest BCUT2D eigenvalue weighted by Crippen LogP contribution is -2.55. The largest absolute Gasteiger partial charge is 0.297 e. The lowest BCUT2D eigenvalue weighted by atomic mass is 9.74. The molecule has 2 fully saturated rings. The predicted molar refractivity (Wildman–Crippen MR) is 103 cm³/mol. The molecule has 2 saturated heterocycles. The van der Waals surface area contributed by atoms with Crippen molar-refractivity contribution in [1.29, 1.82) is 0 Å². The van der Waals surface area contributed by atoms with Crippen molar-refractivity contribution in [3.63, 3.8) is 0 Å². The number of halogens is 2. The van der Waals surface area contributed by atoms with Gasteiger partial charge in [0.15, 0.2) is 0 Å². The highest BCUT2D eigenvalue weighted by Crippen LogP contribution is 2.47. The Balaban J connectivity index is 1.75. The topological polar surface area (TPSA) is 3.24 Å². The van der Waals surface area contributed by atoms with Crippen LogP contribution in [-0.4, -0.2) is 29.3 Å². The first-order chi connectivity index (χ1) is 11.0. The molecule has 2 unspecified atom stereocenters. The Morgan fingerprint density at radius 3 is 2.96 bits per heavy atom. The average Bonchev–Trinajstić information content (AvgIpc) is 2.97. The summed E-state index contributed by atoms with van der Waals surface area (Å²) in [5, 5.41) is 1.37. The van der Waals surface area contributed by atoms with Gasteiger partial charge in [-0.05, 0) is 56.7 Å². The van der Waals surface area contributed by atoms with Crippen LogP contribution in [0.25, 0.3) is 0 Å².